The van der Waals surface area contributed by atoms with Crippen LogP contribution in [0.15, 0.2) is 0 Å². The highest BCUT2D eigenvalue weighted by Crippen LogP contribution is 2.34. The molecule has 0 radical (unpaired) electrons. The number of ketones is 1. The van der Waals surface area contributed by atoms with E-state index in [2.05, 4.69) is 0 Å². The van der Waals surface area contributed by atoms with Crippen molar-refractivity contribution in [1.29, 1.82) is 0 Å². The molecule has 1 saturated carbocycles. The van der Waals surface area contributed by atoms with Crippen molar-refractivity contribution >= 4 is 5.78 Å². The first-order chi connectivity index (χ1) is 5.46. The lowest BCUT2D eigenvalue weighted by molar-refractivity contribution is -0.135. The van der Waals surface area contributed by atoms with Crippen LogP contribution in [0, 0.1) is 11.8 Å². The van der Waals surface area contributed by atoms with Crippen LogP contribution in [-0.2, 0) is 4.79 Å². The molecule has 2 nitrogen and oxygen atoms in total. The predicted molar refractivity (Wildman–Crippen MR) is 47.8 cm³/mol. The van der Waals surface area contributed by atoms with Gasteiger partial charge in [-0.3, -0.25) is 4.79 Å². The fraction of sp³-hybridized carbons (Fsp3) is 0.900. The molecule has 2 unspecified atom stereocenters. The van der Waals surface area contributed by atoms with Crippen molar-refractivity contribution in [2.24, 2.45) is 11.8 Å². The first kappa shape index (κ1) is 9.72. The molecule has 2 atom stereocenters. The maximum Gasteiger partial charge on any atom is 0.138 e. The summed E-state index contributed by atoms with van der Waals surface area (Å²) in [5.41, 5.74) is -0.719. The smallest absolute Gasteiger partial charge is 0.138 e. The minimum atomic E-state index is -0.719. The van der Waals surface area contributed by atoms with E-state index in [-0.39, 0.29) is 17.6 Å². The summed E-state index contributed by atoms with van der Waals surface area (Å²) in [6.07, 6.45) is 1.97. The molecule has 0 aromatic rings. The Hall–Kier alpha value is -0.370. The summed E-state index contributed by atoms with van der Waals surface area (Å²) >= 11 is 0. The van der Waals surface area contributed by atoms with Gasteiger partial charge in [0.05, 0.1) is 5.60 Å². The molecule has 0 bridgehead atoms. The van der Waals surface area contributed by atoms with Crippen LogP contribution < -0.4 is 0 Å². The van der Waals surface area contributed by atoms with Gasteiger partial charge in [-0.1, -0.05) is 20.8 Å². The number of aliphatic hydroxyl groups is 1. The quantitative estimate of drug-likeness (QED) is 0.651. The molecule has 0 spiro atoms. The Labute approximate surface area is 74.0 Å². The zero-order chi connectivity index (χ0) is 9.35. The Bertz CT molecular complexity index is 186. The summed E-state index contributed by atoms with van der Waals surface area (Å²) in [7, 11) is 0. The van der Waals surface area contributed by atoms with Crippen LogP contribution in [0.3, 0.4) is 0 Å². The molecule has 0 saturated heterocycles. The summed E-state index contributed by atoms with van der Waals surface area (Å²) in [5.74, 6) is 0.565. The average molecular weight is 170 g/mol. The minimum absolute atomic E-state index is 0.157. The molecule has 1 N–H and O–H groups in total. The number of Topliss-reactive ketones (excluding diaryl/α,β-unsaturated/α-hetero) is 1. The Kier molecular flexibility index (Phi) is 2.57. The van der Waals surface area contributed by atoms with E-state index in [4.69, 9.17) is 0 Å². The van der Waals surface area contributed by atoms with Gasteiger partial charge in [-0.05, 0) is 18.8 Å². The summed E-state index contributed by atoms with van der Waals surface area (Å²) < 4.78 is 0. The average Bonchev–Trinajstić information content (AvgIpc) is 1.97. The Morgan fingerprint density at radius 2 is 2.17 bits per heavy atom. The number of rotatable bonds is 1. The standard InChI is InChI=1S/C10H18O2/c1-7(2)10(12)5-4-8(3)9(11)6-10/h7-8,12H,4-6H2,1-3H3. The predicted octanol–water partition coefficient (Wildman–Crippen LogP) is 1.76. The molecule has 70 valence electrons. The van der Waals surface area contributed by atoms with Gasteiger partial charge in [-0.2, -0.15) is 0 Å². The first-order valence-electron chi connectivity index (χ1n) is 4.71. The van der Waals surface area contributed by atoms with Crippen LogP contribution in [0.2, 0.25) is 0 Å². The Morgan fingerprint density at radius 1 is 1.58 bits per heavy atom. The fourth-order valence-corrected chi connectivity index (χ4v) is 1.68. The lowest BCUT2D eigenvalue weighted by atomic mass is 9.73. The fourth-order valence-electron chi connectivity index (χ4n) is 1.68. The topological polar surface area (TPSA) is 37.3 Å². The highest BCUT2D eigenvalue weighted by Gasteiger charge is 2.38. The lowest BCUT2D eigenvalue weighted by Crippen LogP contribution is -2.42. The van der Waals surface area contributed by atoms with Crippen molar-refractivity contribution in [2.45, 2.75) is 45.6 Å². The summed E-state index contributed by atoms with van der Waals surface area (Å²) in [5, 5.41) is 10.0. The maximum absolute atomic E-state index is 11.4. The van der Waals surface area contributed by atoms with Gasteiger partial charge in [0, 0.05) is 12.3 Å². The van der Waals surface area contributed by atoms with Gasteiger partial charge >= 0.3 is 0 Å². The van der Waals surface area contributed by atoms with Gasteiger partial charge in [0.1, 0.15) is 5.78 Å². The van der Waals surface area contributed by atoms with E-state index in [0.29, 0.717) is 6.42 Å². The van der Waals surface area contributed by atoms with E-state index in [9.17, 15) is 9.90 Å². The molecule has 12 heavy (non-hydrogen) atoms. The van der Waals surface area contributed by atoms with Crippen LogP contribution >= 0.6 is 0 Å². The van der Waals surface area contributed by atoms with Crippen molar-refractivity contribution in [3.05, 3.63) is 0 Å². The van der Waals surface area contributed by atoms with E-state index in [1.165, 1.54) is 0 Å². The normalized spacial score (nSPS) is 37.4. The molecule has 0 heterocycles. The van der Waals surface area contributed by atoms with Crippen molar-refractivity contribution in [2.75, 3.05) is 0 Å². The molecule has 0 amide bonds. The Morgan fingerprint density at radius 3 is 2.58 bits per heavy atom. The van der Waals surface area contributed by atoms with Crippen LogP contribution in [0.5, 0.6) is 0 Å². The lowest BCUT2D eigenvalue weighted by Gasteiger charge is -2.37. The van der Waals surface area contributed by atoms with Crippen LogP contribution in [0.4, 0.5) is 0 Å². The van der Waals surface area contributed by atoms with Gasteiger partial charge in [0.15, 0.2) is 0 Å². The molecular formula is C10H18O2. The van der Waals surface area contributed by atoms with E-state index in [1.807, 2.05) is 20.8 Å². The van der Waals surface area contributed by atoms with Gasteiger partial charge < -0.3 is 5.11 Å². The van der Waals surface area contributed by atoms with E-state index in [0.717, 1.165) is 12.8 Å². The molecule has 2 heteroatoms. The van der Waals surface area contributed by atoms with Crippen LogP contribution in [-0.4, -0.2) is 16.5 Å². The third-order valence-corrected chi connectivity index (χ3v) is 3.11. The second kappa shape index (κ2) is 3.17. The monoisotopic (exact) mass is 170 g/mol. The van der Waals surface area contributed by atoms with Crippen molar-refractivity contribution in [1.82, 2.24) is 0 Å². The number of hydrogen-bond donors (Lipinski definition) is 1. The summed E-state index contributed by atoms with van der Waals surface area (Å²) in [4.78, 5) is 11.4. The molecule has 1 fully saturated rings. The molecule has 0 aromatic heterocycles. The number of hydrogen-bond acceptors (Lipinski definition) is 2. The third-order valence-electron chi connectivity index (χ3n) is 3.11. The van der Waals surface area contributed by atoms with Gasteiger partial charge in [-0.25, -0.2) is 0 Å². The van der Waals surface area contributed by atoms with Crippen LogP contribution in [0.25, 0.3) is 0 Å². The van der Waals surface area contributed by atoms with E-state index < -0.39 is 5.60 Å². The van der Waals surface area contributed by atoms with E-state index in [1.54, 1.807) is 0 Å². The first-order valence-corrected chi connectivity index (χ1v) is 4.71. The highest BCUT2D eigenvalue weighted by atomic mass is 16.3. The highest BCUT2D eigenvalue weighted by molar-refractivity contribution is 5.82. The third kappa shape index (κ3) is 1.69. The zero-order valence-electron chi connectivity index (χ0n) is 8.13. The summed E-state index contributed by atoms with van der Waals surface area (Å²) in [6, 6.07) is 0. The number of carbonyl (C=O) groups excluding carboxylic acids is 1. The Balaban J connectivity index is 2.67. The SMILES string of the molecule is CC1CCC(O)(C(C)C)CC1=O. The van der Waals surface area contributed by atoms with Crippen molar-refractivity contribution in [3.8, 4) is 0 Å². The van der Waals surface area contributed by atoms with Gasteiger partial charge in [-0.15, -0.1) is 0 Å². The van der Waals surface area contributed by atoms with Gasteiger partial charge in [0.25, 0.3) is 0 Å². The minimum Gasteiger partial charge on any atom is -0.389 e. The zero-order valence-corrected chi connectivity index (χ0v) is 8.13. The molecule has 0 aromatic carbocycles. The van der Waals surface area contributed by atoms with Crippen LogP contribution in [0.1, 0.15) is 40.0 Å². The molecule has 1 aliphatic carbocycles. The largest absolute Gasteiger partial charge is 0.389 e. The van der Waals surface area contributed by atoms with Crippen molar-refractivity contribution < 1.29 is 9.90 Å². The van der Waals surface area contributed by atoms with E-state index >= 15 is 0 Å². The summed E-state index contributed by atoms with van der Waals surface area (Å²) in [6.45, 7) is 5.90. The molecule has 0 aliphatic heterocycles. The maximum atomic E-state index is 11.4. The molecule has 1 aliphatic rings. The second-order valence-corrected chi connectivity index (χ2v) is 4.34. The van der Waals surface area contributed by atoms with Crippen molar-refractivity contribution in [3.63, 3.8) is 0 Å². The molecular weight excluding hydrogens is 152 g/mol. The molecule has 1 rings (SSSR count). The number of carbonyl (C=O) groups is 1. The second-order valence-electron chi connectivity index (χ2n) is 4.34. The van der Waals surface area contributed by atoms with Gasteiger partial charge in [0.2, 0.25) is 0 Å².